The highest BCUT2D eigenvalue weighted by Gasteiger charge is 2.06. The summed E-state index contributed by atoms with van der Waals surface area (Å²) in [5.74, 6) is 0.803. The maximum Gasteiger partial charge on any atom is 0.240 e. The van der Waals surface area contributed by atoms with Crippen molar-refractivity contribution in [3.63, 3.8) is 0 Å². The Morgan fingerprint density at radius 3 is 2.36 bits per heavy atom. The summed E-state index contributed by atoms with van der Waals surface area (Å²) in [7, 11) is 3.11. The number of hydrogen-bond donors (Lipinski definition) is 2. The lowest BCUT2D eigenvalue weighted by atomic mass is 10.2. The first-order valence-electron chi connectivity index (χ1n) is 8.61. The SMILES string of the molecule is COc1ccc(/C=N\NC(=O)CCCC(=O)Nc2ccc(Br)cc2)cc1OC. The summed E-state index contributed by atoms with van der Waals surface area (Å²) < 4.78 is 11.3. The van der Waals surface area contributed by atoms with Gasteiger partial charge in [0.25, 0.3) is 0 Å². The molecule has 2 rings (SSSR count). The number of methoxy groups -OCH3 is 2. The van der Waals surface area contributed by atoms with Crippen molar-refractivity contribution in [1.82, 2.24) is 5.43 Å². The molecule has 0 fully saturated rings. The molecule has 2 aromatic rings. The molecule has 0 unspecified atom stereocenters. The van der Waals surface area contributed by atoms with Crippen LogP contribution in [0.15, 0.2) is 52.0 Å². The van der Waals surface area contributed by atoms with E-state index in [4.69, 9.17) is 9.47 Å². The molecule has 0 aliphatic carbocycles. The van der Waals surface area contributed by atoms with E-state index in [1.54, 1.807) is 44.6 Å². The predicted octanol–water partition coefficient (Wildman–Crippen LogP) is 3.73. The topological polar surface area (TPSA) is 89.0 Å². The highest BCUT2D eigenvalue weighted by Crippen LogP contribution is 2.26. The van der Waals surface area contributed by atoms with Crippen LogP contribution in [0.4, 0.5) is 5.69 Å². The van der Waals surface area contributed by atoms with Crippen molar-refractivity contribution < 1.29 is 19.1 Å². The van der Waals surface area contributed by atoms with Gasteiger partial charge < -0.3 is 14.8 Å². The number of amides is 2. The van der Waals surface area contributed by atoms with Crippen molar-refractivity contribution in [2.24, 2.45) is 5.10 Å². The van der Waals surface area contributed by atoms with Crippen molar-refractivity contribution >= 4 is 39.6 Å². The van der Waals surface area contributed by atoms with Gasteiger partial charge in [-0.15, -0.1) is 0 Å². The van der Waals surface area contributed by atoms with Gasteiger partial charge in [-0.2, -0.15) is 5.10 Å². The second-order valence-electron chi connectivity index (χ2n) is 5.82. The van der Waals surface area contributed by atoms with Crippen LogP contribution in [0.3, 0.4) is 0 Å². The van der Waals surface area contributed by atoms with Gasteiger partial charge in [0, 0.05) is 23.0 Å². The summed E-state index contributed by atoms with van der Waals surface area (Å²) in [5, 5.41) is 6.70. The molecule has 148 valence electrons. The monoisotopic (exact) mass is 447 g/mol. The molecule has 0 radical (unpaired) electrons. The van der Waals surface area contributed by atoms with Crippen molar-refractivity contribution in [1.29, 1.82) is 0 Å². The van der Waals surface area contributed by atoms with Crippen LogP contribution in [0.25, 0.3) is 0 Å². The lowest BCUT2D eigenvalue weighted by Gasteiger charge is -2.07. The molecule has 8 heteroatoms. The molecule has 0 bridgehead atoms. The number of hydrogen-bond acceptors (Lipinski definition) is 5. The fourth-order valence-electron chi connectivity index (χ4n) is 2.33. The van der Waals surface area contributed by atoms with Crippen molar-refractivity contribution in [2.45, 2.75) is 19.3 Å². The summed E-state index contributed by atoms with van der Waals surface area (Å²) in [6, 6.07) is 12.6. The number of rotatable bonds is 9. The standard InChI is InChI=1S/C20H22BrN3O4/c1-27-17-11-6-14(12-18(17)28-2)13-22-24-20(26)5-3-4-19(25)23-16-9-7-15(21)8-10-16/h6-13H,3-5H2,1-2H3,(H,23,25)(H,24,26)/b22-13-. The quantitative estimate of drug-likeness (QED) is 0.452. The molecule has 2 N–H and O–H groups in total. The van der Waals surface area contributed by atoms with E-state index in [1.807, 2.05) is 12.1 Å². The number of carbonyl (C=O) groups excluding carboxylic acids is 2. The number of hydrazone groups is 1. The summed E-state index contributed by atoms with van der Waals surface area (Å²) in [6.45, 7) is 0. The molecule has 0 aromatic heterocycles. The van der Waals surface area contributed by atoms with Crippen LogP contribution in [-0.4, -0.2) is 32.2 Å². The van der Waals surface area contributed by atoms with Gasteiger partial charge in [-0.1, -0.05) is 15.9 Å². The summed E-state index contributed by atoms with van der Waals surface area (Å²) in [5.41, 5.74) is 3.92. The zero-order valence-corrected chi connectivity index (χ0v) is 17.3. The number of anilines is 1. The zero-order chi connectivity index (χ0) is 20.4. The number of nitrogens with zero attached hydrogens (tertiary/aromatic N) is 1. The molecule has 28 heavy (non-hydrogen) atoms. The lowest BCUT2D eigenvalue weighted by molar-refractivity contribution is -0.121. The van der Waals surface area contributed by atoms with Crippen LogP contribution in [-0.2, 0) is 9.59 Å². The molecule has 0 aliphatic heterocycles. The average Bonchev–Trinajstić information content (AvgIpc) is 2.69. The zero-order valence-electron chi connectivity index (χ0n) is 15.7. The molecule has 0 atom stereocenters. The summed E-state index contributed by atoms with van der Waals surface area (Å²) >= 11 is 3.34. The van der Waals surface area contributed by atoms with E-state index in [9.17, 15) is 9.59 Å². The Morgan fingerprint density at radius 1 is 1.00 bits per heavy atom. The number of ether oxygens (including phenoxy) is 2. The first-order chi connectivity index (χ1) is 13.5. The second kappa shape index (κ2) is 11.1. The minimum absolute atomic E-state index is 0.135. The maximum absolute atomic E-state index is 11.9. The number of carbonyl (C=O) groups is 2. The van der Waals surface area contributed by atoms with Gasteiger partial charge in [0.15, 0.2) is 11.5 Å². The van der Waals surface area contributed by atoms with E-state index in [-0.39, 0.29) is 24.7 Å². The molecule has 0 heterocycles. The van der Waals surface area contributed by atoms with Crippen LogP contribution in [0.5, 0.6) is 11.5 Å². The lowest BCUT2D eigenvalue weighted by Crippen LogP contribution is -2.18. The van der Waals surface area contributed by atoms with Gasteiger partial charge in [-0.3, -0.25) is 9.59 Å². The summed E-state index contributed by atoms with van der Waals surface area (Å²) in [6.07, 6.45) is 2.40. The minimum atomic E-state index is -0.256. The average molecular weight is 448 g/mol. The summed E-state index contributed by atoms with van der Waals surface area (Å²) in [4.78, 5) is 23.7. The molecule has 0 saturated heterocycles. The number of nitrogens with one attached hydrogen (secondary N) is 2. The molecular weight excluding hydrogens is 426 g/mol. The highest BCUT2D eigenvalue weighted by atomic mass is 79.9. The Hall–Kier alpha value is -2.87. The van der Waals surface area contributed by atoms with Gasteiger partial charge >= 0.3 is 0 Å². The van der Waals surface area contributed by atoms with Gasteiger partial charge in [-0.25, -0.2) is 5.43 Å². The molecule has 7 nitrogen and oxygen atoms in total. The minimum Gasteiger partial charge on any atom is -0.493 e. The van der Waals surface area contributed by atoms with Crippen molar-refractivity contribution in [3.05, 3.63) is 52.5 Å². The normalized spacial score (nSPS) is 10.5. The maximum atomic E-state index is 11.9. The third-order valence-corrected chi connectivity index (χ3v) is 4.27. The Kier molecular flexibility index (Phi) is 8.48. The van der Waals surface area contributed by atoms with Crippen LogP contribution < -0.4 is 20.2 Å². The van der Waals surface area contributed by atoms with Crippen LogP contribution in [0, 0.1) is 0 Å². The number of halogens is 1. The Morgan fingerprint density at radius 2 is 1.68 bits per heavy atom. The second-order valence-corrected chi connectivity index (χ2v) is 6.73. The molecule has 2 aromatic carbocycles. The predicted molar refractivity (Wildman–Crippen MR) is 112 cm³/mol. The van der Waals surface area contributed by atoms with E-state index in [0.717, 1.165) is 15.7 Å². The molecule has 0 spiro atoms. The van der Waals surface area contributed by atoms with Crippen molar-refractivity contribution in [2.75, 3.05) is 19.5 Å². The Labute approximate surface area is 172 Å². The van der Waals surface area contributed by atoms with E-state index in [2.05, 4.69) is 31.8 Å². The Balaban J connectivity index is 1.71. The number of benzene rings is 2. The fourth-order valence-corrected chi connectivity index (χ4v) is 2.60. The molecule has 0 saturated carbocycles. The smallest absolute Gasteiger partial charge is 0.240 e. The first-order valence-corrected chi connectivity index (χ1v) is 9.40. The van der Waals surface area contributed by atoms with Crippen molar-refractivity contribution in [3.8, 4) is 11.5 Å². The molecule has 2 amide bonds. The first kappa shape index (κ1) is 21.4. The fraction of sp³-hybridized carbons (Fsp3) is 0.250. The third kappa shape index (κ3) is 7.03. The van der Waals surface area contributed by atoms with Crippen LogP contribution in [0.2, 0.25) is 0 Å². The highest BCUT2D eigenvalue weighted by molar-refractivity contribution is 9.10. The van der Waals surface area contributed by atoms with E-state index in [0.29, 0.717) is 17.9 Å². The van der Waals surface area contributed by atoms with Gasteiger partial charge in [0.05, 0.1) is 20.4 Å². The van der Waals surface area contributed by atoms with E-state index < -0.39 is 0 Å². The van der Waals surface area contributed by atoms with Gasteiger partial charge in [0.2, 0.25) is 11.8 Å². The largest absolute Gasteiger partial charge is 0.493 e. The van der Waals surface area contributed by atoms with Crippen LogP contribution in [0.1, 0.15) is 24.8 Å². The van der Waals surface area contributed by atoms with Gasteiger partial charge in [0.1, 0.15) is 0 Å². The van der Waals surface area contributed by atoms with Gasteiger partial charge in [-0.05, 0) is 54.4 Å². The van der Waals surface area contributed by atoms with E-state index >= 15 is 0 Å². The van der Waals surface area contributed by atoms with Crippen LogP contribution >= 0.6 is 15.9 Å². The molecular formula is C20H22BrN3O4. The molecule has 0 aliphatic rings. The van der Waals surface area contributed by atoms with E-state index in [1.165, 1.54) is 6.21 Å². The third-order valence-electron chi connectivity index (χ3n) is 3.75. The Bertz CT molecular complexity index is 838.